The number of carbonyl (C=O) groups is 1. The lowest BCUT2D eigenvalue weighted by Gasteiger charge is -2.04. The molecule has 0 radical (unpaired) electrons. The van der Waals surface area contributed by atoms with E-state index in [-0.39, 0.29) is 12.3 Å². The number of rotatable bonds is 5. The molecule has 0 bridgehead atoms. The molecule has 0 saturated carbocycles. The van der Waals surface area contributed by atoms with Crippen LogP contribution in [-0.4, -0.2) is 16.0 Å². The third kappa shape index (κ3) is 3.72. The average molecular weight is 334 g/mol. The first kappa shape index (κ1) is 14.7. The van der Waals surface area contributed by atoms with Gasteiger partial charge in [-0.25, -0.2) is 0 Å². The van der Waals surface area contributed by atoms with E-state index in [1.54, 1.807) is 35.6 Å². The Morgan fingerprint density at radius 1 is 1.32 bits per heavy atom. The van der Waals surface area contributed by atoms with Crippen LogP contribution < -0.4 is 5.32 Å². The molecule has 0 spiro atoms. The van der Waals surface area contributed by atoms with Gasteiger partial charge in [0.2, 0.25) is 17.6 Å². The third-order valence-corrected chi connectivity index (χ3v) is 3.98. The molecule has 0 aliphatic carbocycles. The van der Waals surface area contributed by atoms with Crippen molar-refractivity contribution in [3.63, 3.8) is 0 Å². The SMILES string of the molecule is O=C(CCc1nc(-c2cccs2)no1)Nc1cccc(Cl)c1. The lowest BCUT2D eigenvalue weighted by atomic mass is 10.2. The molecule has 7 heteroatoms. The molecule has 1 aromatic carbocycles. The van der Waals surface area contributed by atoms with Gasteiger partial charge >= 0.3 is 0 Å². The molecule has 1 amide bonds. The van der Waals surface area contributed by atoms with Crippen LogP contribution in [0.3, 0.4) is 0 Å². The van der Waals surface area contributed by atoms with Gasteiger partial charge in [0, 0.05) is 23.6 Å². The maximum atomic E-state index is 11.9. The summed E-state index contributed by atoms with van der Waals surface area (Å²) in [5.41, 5.74) is 0.669. The van der Waals surface area contributed by atoms with Crippen LogP contribution in [0.2, 0.25) is 5.02 Å². The number of thiophene rings is 1. The fourth-order valence-electron chi connectivity index (χ4n) is 1.87. The first-order valence-corrected chi connectivity index (χ1v) is 7.88. The average Bonchev–Trinajstić information content (AvgIpc) is 3.16. The van der Waals surface area contributed by atoms with Crippen molar-refractivity contribution in [2.24, 2.45) is 0 Å². The van der Waals surface area contributed by atoms with Gasteiger partial charge in [-0.2, -0.15) is 4.98 Å². The predicted molar refractivity (Wildman–Crippen MR) is 86.0 cm³/mol. The highest BCUT2D eigenvalue weighted by Crippen LogP contribution is 2.21. The molecule has 22 heavy (non-hydrogen) atoms. The van der Waals surface area contributed by atoms with Crippen molar-refractivity contribution < 1.29 is 9.32 Å². The lowest BCUT2D eigenvalue weighted by molar-refractivity contribution is -0.116. The normalized spacial score (nSPS) is 10.6. The highest BCUT2D eigenvalue weighted by atomic mass is 35.5. The van der Waals surface area contributed by atoms with Crippen LogP contribution >= 0.6 is 22.9 Å². The topological polar surface area (TPSA) is 68.0 Å². The molecule has 0 aliphatic rings. The van der Waals surface area contributed by atoms with Crippen LogP contribution in [0, 0.1) is 0 Å². The molecule has 0 saturated heterocycles. The standard InChI is InChI=1S/C15H12ClN3O2S/c16-10-3-1-4-11(9-10)17-13(20)6-7-14-18-15(19-21-14)12-5-2-8-22-12/h1-5,8-9H,6-7H2,(H,17,20). The maximum absolute atomic E-state index is 11.9. The Kier molecular flexibility index (Phi) is 4.50. The number of nitrogens with zero attached hydrogens (tertiary/aromatic N) is 2. The molecule has 0 fully saturated rings. The summed E-state index contributed by atoms with van der Waals surface area (Å²) in [6.07, 6.45) is 0.656. The smallest absolute Gasteiger partial charge is 0.227 e. The van der Waals surface area contributed by atoms with Crippen LogP contribution in [0.1, 0.15) is 12.3 Å². The Hall–Kier alpha value is -2.18. The summed E-state index contributed by atoms with van der Waals surface area (Å²) in [7, 11) is 0. The van der Waals surface area contributed by atoms with E-state index in [9.17, 15) is 4.79 Å². The van der Waals surface area contributed by atoms with Crippen molar-refractivity contribution >= 4 is 34.5 Å². The van der Waals surface area contributed by atoms with E-state index in [2.05, 4.69) is 15.5 Å². The van der Waals surface area contributed by atoms with Gasteiger partial charge < -0.3 is 9.84 Å². The van der Waals surface area contributed by atoms with E-state index in [0.29, 0.717) is 28.8 Å². The van der Waals surface area contributed by atoms with E-state index in [4.69, 9.17) is 16.1 Å². The summed E-state index contributed by atoms with van der Waals surface area (Å²) < 4.78 is 5.15. The zero-order valence-electron chi connectivity index (χ0n) is 11.5. The Balaban J connectivity index is 1.55. The molecule has 0 aliphatic heterocycles. The molecular weight excluding hydrogens is 322 g/mol. The van der Waals surface area contributed by atoms with Crippen molar-refractivity contribution in [1.29, 1.82) is 0 Å². The Labute approximate surface area is 135 Å². The van der Waals surface area contributed by atoms with Crippen LogP contribution in [0.15, 0.2) is 46.3 Å². The number of nitrogens with one attached hydrogen (secondary N) is 1. The molecule has 1 N–H and O–H groups in total. The molecule has 3 rings (SSSR count). The zero-order valence-corrected chi connectivity index (χ0v) is 13.0. The summed E-state index contributed by atoms with van der Waals surface area (Å²) in [4.78, 5) is 17.1. The van der Waals surface area contributed by atoms with Gasteiger partial charge in [-0.1, -0.05) is 28.9 Å². The van der Waals surface area contributed by atoms with Gasteiger partial charge in [0.1, 0.15) is 0 Å². The molecule has 3 aromatic rings. The van der Waals surface area contributed by atoms with Crippen molar-refractivity contribution in [3.05, 3.63) is 52.7 Å². The summed E-state index contributed by atoms with van der Waals surface area (Å²) in [6.45, 7) is 0. The lowest BCUT2D eigenvalue weighted by Crippen LogP contribution is -2.12. The number of hydrogen-bond donors (Lipinski definition) is 1. The van der Waals surface area contributed by atoms with Gasteiger partial charge in [-0.3, -0.25) is 4.79 Å². The van der Waals surface area contributed by atoms with Gasteiger partial charge in [0.15, 0.2) is 0 Å². The Morgan fingerprint density at radius 2 is 2.23 bits per heavy atom. The highest BCUT2D eigenvalue weighted by Gasteiger charge is 2.11. The first-order valence-electron chi connectivity index (χ1n) is 6.62. The second-order valence-electron chi connectivity index (χ2n) is 4.55. The number of carbonyl (C=O) groups excluding carboxylic acids is 1. The van der Waals surface area contributed by atoms with Crippen molar-refractivity contribution in [2.75, 3.05) is 5.32 Å². The van der Waals surface area contributed by atoms with Crippen molar-refractivity contribution in [1.82, 2.24) is 10.1 Å². The largest absolute Gasteiger partial charge is 0.339 e. The zero-order chi connectivity index (χ0) is 15.4. The number of benzene rings is 1. The van der Waals surface area contributed by atoms with Gasteiger partial charge in [0.25, 0.3) is 0 Å². The van der Waals surface area contributed by atoms with E-state index < -0.39 is 0 Å². The molecule has 0 unspecified atom stereocenters. The predicted octanol–water partition coefficient (Wildman–Crippen LogP) is 4.02. The number of anilines is 1. The van der Waals surface area contributed by atoms with Gasteiger partial charge in [-0.15, -0.1) is 11.3 Å². The van der Waals surface area contributed by atoms with Crippen molar-refractivity contribution in [3.8, 4) is 10.7 Å². The van der Waals surface area contributed by atoms with Crippen LogP contribution in [0.4, 0.5) is 5.69 Å². The molecule has 5 nitrogen and oxygen atoms in total. The van der Waals surface area contributed by atoms with Crippen LogP contribution in [-0.2, 0) is 11.2 Å². The van der Waals surface area contributed by atoms with E-state index in [0.717, 1.165) is 4.88 Å². The Bertz CT molecular complexity index is 771. The molecule has 0 atom stereocenters. The second kappa shape index (κ2) is 6.72. The van der Waals surface area contributed by atoms with Crippen molar-refractivity contribution in [2.45, 2.75) is 12.8 Å². The fraction of sp³-hybridized carbons (Fsp3) is 0.133. The quantitative estimate of drug-likeness (QED) is 0.765. The fourth-order valence-corrected chi connectivity index (χ4v) is 2.71. The maximum Gasteiger partial charge on any atom is 0.227 e. The minimum absolute atomic E-state index is 0.127. The van der Waals surface area contributed by atoms with Crippen LogP contribution in [0.5, 0.6) is 0 Å². The van der Waals surface area contributed by atoms with Gasteiger partial charge in [0.05, 0.1) is 4.88 Å². The summed E-state index contributed by atoms with van der Waals surface area (Å²) in [5, 5.41) is 9.21. The third-order valence-electron chi connectivity index (χ3n) is 2.88. The monoisotopic (exact) mass is 333 g/mol. The molecule has 2 heterocycles. The number of aryl methyl sites for hydroxylation is 1. The van der Waals surface area contributed by atoms with Crippen LogP contribution in [0.25, 0.3) is 10.7 Å². The number of amides is 1. The summed E-state index contributed by atoms with van der Waals surface area (Å²) >= 11 is 7.41. The van der Waals surface area contributed by atoms with E-state index in [1.165, 1.54) is 0 Å². The second-order valence-corrected chi connectivity index (χ2v) is 5.93. The number of hydrogen-bond acceptors (Lipinski definition) is 5. The first-order chi connectivity index (χ1) is 10.7. The number of halogens is 1. The van der Waals surface area contributed by atoms with E-state index >= 15 is 0 Å². The summed E-state index contributed by atoms with van der Waals surface area (Å²) in [5.74, 6) is 0.878. The molecule has 2 aromatic heterocycles. The molecular formula is C15H12ClN3O2S. The number of aromatic nitrogens is 2. The minimum Gasteiger partial charge on any atom is -0.339 e. The summed E-state index contributed by atoms with van der Waals surface area (Å²) in [6, 6.07) is 10.9. The van der Waals surface area contributed by atoms with E-state index in [1.807, 2.05) is 17.5 Å². The molecule has 112 valence electrons. The minimum atomic E-state index is -0.127. The Morgan fingerprint density at radius 3 is 3.00 bits per heavy atom. The van der Waals surface area contributed by atoms with Gasteiger partial charge in [-0.05, 0) is 29.6 Å². The highest BCUT2D eigenvalue weighted by molar-refractivity contribution is 7.13.